The van der Waals surface area contributed by atoms with E-state index in [4.69, 9.17) is 0 Å². The smallest absolute Gasteiger partial charge is 0.282 e. The van der Waals surface area contributed by atoms with E-state index in [9.17, 15) is 14.9 Å². The predicted octanol–water partition coefficient (Wildman–Crippen LogP) is 1.96. The molecule has 0 radical (unpaired) electrons. The largest absolute Gasteiger partial charge is 0.368 e. The van der Waals surface area contributed by atoms with Gasteiger partial charge < -0.3 is 15.5 Å². The van der Waals surface area contributed by atoms with Gasteiger partial charge in [-0.05, 0) is 24.6 Å². The van der Waals surface area contributed by atoms with Crippen molar-refractivity contribution in [1.29, 1.82) is 0 Å². The molecular formula is C17H19N5O3. The average molecular weight is 341 g/mol. The number of hydrogen-bond acceptors (Lipinski definition) is 6. The third kappa shape index (κ3) is 3.74. The topological polar surface area (TPSA) is 100 Å². The average Bonchev–Trinajstić information content (AvgIpc) is 2.62. The minimum absolute atomic E-state index is 0.0560. The molecule has 0 atom stereocenters. The number of nitro groups is 1. The number of anilines is 2. The van der Waals surface area contributed by atoms with Gasteiger partial charge in [-0.15, -0.1) is 0 Å². The van der Waals surface area contributed by atoms with Crippen LogP contribution in [0.25, 0.3) is 0 Å². The number of carbonyl (C=O) groups is 1. The van der Waals surface area contributed by atoms with Crippen LogP contribution in [0.15, 0.2) is 36.5 Å². The Morgan fingerprint density at radius 3 is 2.68 bits per heavy atom. The van der Waals surface area contributed by atoms with Gasteiger partial charge >= 0.3 is 0 Å². The zero-order chi connectivity index (χ0) is 17.8. The highest BCUT2D eigenvalue weighted by Gasteiger charge is 2.22. The van der Waals surface area contributed by atoms with Crippen molar-refractivity contribution in [3.8, 4) is 0 Å². The first-order valence-corrected chi connectivity index (χ1v) is 8.03. The number of nitro benzene ring substituents is 1. The number of benzene rings is 1. The van der Waals surface area contributed by atoms with Gasteiger partial charge in [0.25, 0.3) is 11.6 Å². The van der Waals surface area contributed by atoms with Crippen LogP contribution >= 0.6 is 0 Å². The molecule has 1 aliphatic heterocycles. The van der Waals surface area contributed by atoms with Crippen LogP contribution in [-0.2, 0) is 0 Å². The molecule has 1 saturated heterocycles. The standard InChI is InChI=1S/C17H19N5O3/c1-12-3-2-4-14(22(24)25)16(12)17(23)20-15-6-5-13(11-19-15)21-9-7-18-8-10-21/h2-6,11,18H,7-10H2,1H3,(H,19,20,23). The summed E-state index contributed by atoms with van der Waals surface area (Å²) in [6, 6.07) is 8.15. The van der Waals surface area contributed by atoms with E-state index < -0.39 is 10.8 Å². The molecule has 2 heterocycles. The molecule has 2 aromatic rings. The highest BCUT2D eigenvalue weighted by atomic mass is 16.6. The Morgan fingerprint density at radius 1 is 1.28 bits per heavy atom. The molecule has 25 heavy (non-hydrogen) atoms. The van der Waals surface area contributed by atoms with Crippen LogP contribution < -0.4 is 15.5 Å². The number of nitrogens with zero attached hydrogens (tertiary/aromatic N) is 3. The van der Waals surface area contributed by atoms with E-state index in [2.05, 4.69) is 20.5 Å². The lowest BCUT2D eigenvalue weighted by Gasteiger charge is -2.29. The van der Waals surface area contributed by atoms with Crippen LogP contribution in [0.5, 0.6) is 0 Å². The number of aryl methyl sites for hydroxylation is 1. The SMILES string of the molecule is Cc1cccc([N+](=O)[O-])c1C(=O)Nc1ccc(N2CCNCC2)cn1. The summed E-state index contributed by atoms with van der Waals surface area (Å²) in [5.41, 5.74) is 1.38. The summed E-state index contributed by atoms with van der Waals surface area (Å²) in [5.74, 6) is -0.173. The van der Waals surface area contributed by atoms with E-state index in [1.54, 1.807) is 31.3 Å². The monoisotopic (exact) mass is 341 g/mol. The van der Waals surface area contributed by atoms with Gasteiger partial charge in [-0.25, -0.2) is 4.98 Å². The Hall–Kier alpha value is -3.00. The molecule has 1 amide bonds. The first kappa shape index (κ1) is 16.8. The Morgan fingerprint density at radius 2 is 2.04 bits per heavy atom. The van der Waals surface area contributed by atoms with E-state index in [0.29, 0.717) is 11.4 Å². The lowest BCUT2D eigenvalue weighted by molar-refractivity contribution is -0.385. The normalized spacial score (nSPS) is 14.2. The van der Waals surface area contributed by atoms with Gasteiger partial charge in [0.05, 0.1) is 16.8 Å². The fraction of sp³-hybridized carbons (Fsp3) is 0.294. The van der Waals surface area contributed by atoms with Gasteiger partial charge in [0.15, 0.2) is 0 Å². The van der Waals surface area contributed by atoms with Gasteiger partial charge in [0, 0.05) is 32.2 Å². The minimum Gasteiger partial charge on any atom is -0.368 e. The summed E-state index contributed by atoms with van der Waals surface area (Å²) in [7, 11) is 0. The zero-order valence-electron chi connectivity index (χ0n) is 13.9. The van der Waals surface area contributed by atoms with Crippen molar-refractivity contribution >= 4 is 23.1 Å². The maximum atomic E-state index is 12.5. The molecule has 1 aromatic carbocycles. The molecule has 8 nitrogen and oxygen atoms in total. The third-order valence-corrected chi connectivity index (χ3v) is 4.15. The molecule has 1 aromatic heterocycles. The number of aromatic nitrogens is 1. The van der Waals surface area contributed by atoms with Crippen molar-refractivity contribution in [2.24, 2.45) is 0 Å². The Balaban J connectivity index is 1.76. The molecule has 3 rings (SSSR count). The molecule has 8 heteroatoms. The predicted molar refractivity (Wildman–Crippen MR) is 95.1 cm³/mol. The summed E-state index contributed by atoms with van der Waals surface area (Å²) in [4.78, 5) is 29.5. The second kappa shape index (κ2) is 7.27. The zero-order valence-corrected chi connectivity index (χ0v) is 13.9. The molecule has 2 N–H and O–H groups in total. The molecule has 0 bridgehead atoms. The van der Waals surface area contributed by atoms with Crippen LogP contribution in [0.3, 0.4) is 0 Å². The quantitative estimate of drug-likeness (QED) is 0.651. The third-order valence-electron chi connectivity index (χ3n) is 4.15. The number of rotatable bonds is 4. The van der Waals surface area contributed by atoms with Gasteiger partial charge in [0.1, 0.15) is 11.4 Å². The first-order chi connectivity index (χ1) is 12.1. The highest BCUT2D eigenvalue weighted by molar-refractivity contribution is 6.07. The summed E-state index contributed by atoms with van der Waals surface area (Å²) in [6.07, 6.45) is 1.70. The van der Waals surface area contributed by atoms with Crippen molar-refractivity contribution in [2.45, 2.75) is 6.92 Å². The number of carbonyl (C=O) groups excluding carboxylic acids is 1. The summed E-state index contributed by atoms with van der Waals surface area (Å²) >= 11 is 0. The van der Waals surface area contributed by atoms with Crippen LogP contribution in [0.1, 0.15) is 15.9 Å². The molecule has 0 spiro atoms. The second-order valence-corrected chi connectivity index (χ2v) is 5.82. The van der Waals surface area contributed by atoms with Gasteiger partial charge in [-0.1, -0.05) is 12.1 Å². The molecule has 0 saturated carbocycles. The number of piperazine rings is 1. The Kier molecular flexibility index (Phi) is 4.90. The fourth-order valence-corrected chi connectivity index (χ4v) is 2.85. The van der Waals surface area contributed by atoms with Crippen molar-refractivity contribution in [2.75, 3.05) is 36.4 Å². The van der Waals surface area contributed by atoms with Crippen molar-refractivity contribution in [3.63, 3.8) is 0 Å². The number of nitrogens with one attached hydrogen (secondary N) is 2. The Bertz CT molecular complexity index is 785. The minimum atomic E-state index is -0.553. The van der Waals surface area contributed by atoms with Gasteiger partial charge in [0.2, 0.25) is 0 Å². The van der Waals surface area contributed by atoms with Gasteiger partial charge in [-0.2, -0.15) is 0 Å². The van der Waals surface area contributed by atoms with E-state index in [-0.39, 0.29) is 11.3 Å². The van der Waals surface area contributed by atoms with E-state index in [0.717, 1.165) is 31.9 Å². The number of hydrogen-bond donors (Lipinski definition) is 2. The lowest BCUT2D eigenvalue weighted by Crippen LogP contribution is -2.43. The summed E-state index contributed by atoms with van der Waals surface area (Å²) in [5, 5.41) is 17.1. The number of amides is 1. The van der Waals surface area contributed by atoms with Gasteiger partial charge in [-0.3, -0.25) is 14.9 Å². The van der Waals surface area contributed by atoms with E-state index in [1.165, 1.54) is 6.07 Å². The van der Waals surface area contributed by atoms with Crippen molar-refractivity contribution in [3.05, 3.63) is 57.8 Å². The summed E-state index contributed by atoms with van der Waals surface area (Å²) < 4.78 is 0. The Labute approximate surface area is 145 Å². The maximum Gasteiger partial charge on any atom is 0.282 e. The molecule has 0 unspecified atom stereocenters. The van der Waals surface area contributed by atoms with Crippen LogP contribution in [0.4, 0.5) is 17.2 Å². The number of pyridine rings is 1. The molecule has 1 aliphatic rings. The molecule has 0 aliphatic carbocycles. The van der Waals surface area contributed by atoms with Crippen molar-refractivity contribution < 1.29 is 9.72 Å². The van der Waals surface area contributed by atoms with E-state index in [1.807, 2.05) is 6.07 Å². The first-order valence-electron chi connectivity index (χ1n) is 8.03. The lowest BCUT2D eigenvalue weighted by atomic mass is 10.1. The van der Waals surface area contributed by atoms with Crippen LogP contribution in [0.2, 0.25) is 0 Å². The van der Waals surface area contributed by atoms with Crippen molar-refractivity contribution in [1.82, 2.24) is 10.3 Å². The second-order valence-electron chi connectivity index (χ2n) is 5.82. The highest BCUT2D eigenvalue weighted by Crippen LogP contribution is 2.23. The maximum absolute atomic E-state index is 12.5. The molecule has 130 valence electrons. The molecule has 1 fully saturated rings. The van der Waals surface area contributed by atoms with E-state index >= 15 is 0 Å². The molecular weight excluding hydrogens is 322 g/mol. The fourth-order valence-electron chi connectivity index (χ4n) is 2.85. The summed E-state index contributed by atoms with van der Waals surface area (Å²) in [6.45, 7) is 5.33. The van der Waals surface area contributed by atoms with Crippen LogP contribution in [-0.4, -0.2) is 42.0 Å². The van der Waals surface area contributed by atoms with Crippen LogP contribution in [0, 0.1) is 17.0 Å².